The Bertz CT molecular complexity index is 699. The van der Waals surface area contributed by atoms with E-state index in [4.69, 9.17) is 4.98 Å². The summed E-state index contributed by atoms with van der Waals surface area (Å²) >= 11 is 1.73. The van der Waals surface area contributed by atoms with Gasteiger partial charge in [-0.15, -0.1) is 11.3 Å². The lowest BCUT2D eigenvalue weighted by atomic mass is 9.97. The molecule has 2 aromatic rings. The molecule has 0 spiro atoms. The van der Waals surface area contributed by atoms with Crippen LogP contribution in [0.5, 0.6) is 0 Å². The molecular weight excluding hydrogens is 270 g/mol. The van der Waals surface area contributed by atoms with Crippen molar-refractivity contribution in [3.05, 3.63) is 26.6 Å². The minimum atomic E-state index is 0.161. The zero-order valence-electron chi connectivity index (χ0n) is 12.4. The molecule has 4 nitrogen and oxygen atoms in total. The number of aryl methyl sites for hydroxylation is 2. The monoisotopic (exact) mass is 291 g/mol. The molecule has 20 heavy (non-hydrogen) atoms. The highest BCUT2D eigenvalue weighted by Gasteiger charge is 2.21. The second kappa shape index (κ2) is 5.30. The molecule has 0 saturated carbocycles. The average molecular weight is 291 g/mol. The SMILES string of the molecule is CCn1c(CN(C)C)nc2sc3c(c2c1=O)CCCC3. The zero-order valence-corrected chi connectivity index (χ0v) is 13.2. The topological polar surface area (TPSA) is 38.1 Å². The van der Waals surface area contributed by atoms with E-state index in [0.29, 0.717) is 13.1 Å². The highest BCUT2D eigenvalue weighted by Crippen LogP contribution is 2.33. The van der Waals surface area contributed by atoms with E-state index in [2.05, 4.69) is 4.90 Å². The Morgan fingerprint density at radius 2 is 2.05 bits per heavy atom. The third-order valence-electron chi connectivity index (χ3n) is 3.93. The molecule has 0 aromatic carbocycles. The zero-order chi connectivity index (χ0) is 14.3. The van der Waals surface area contributed by atoms with Crippen LogP contribution in [0.3, 0.4) is 0 Å². The predicted octanol–water partition coefficient (Wildman–Crippen LogP) is 2.42. The van der Waals surface area contributed by atoms with Crippen molar-refractivity contribution in [1.29, 1.82) is 0 Å². The molecule has 0 saturated heterocycles. The van der Waals surface area contributed by atoms with Crippen LogP contribution in [0.1, 0.15) is 36.0 Å². The van der Waals surface area contributed by atoms with E-state index < -0.39 is 0 Å². The summed E-state index contributed by atoms with van der Waals surface area (Å²) in [7, 11) is 4.02. The Morgan fingerprint density at radius 1 is 1.30 bits per heavy atom. The quantitative estimate of drug-likeness (QED) is 0.871. The number of rotatable bonds is 3. The number of hydrogen-bond donors (Lipinski definition) is 0. The van der Waals surface area contributed by atoms with Crippen LogP contribution in [0.2, 0.25) is 0 Å². The van der Waals surface area contributed by atoms with E-state index in [-0.39, 0.29) is 5.56 Å². The Hall–Kier alpha value is -1.20. The first-order chi connectivity index (χ1) is 9.61. The first-order valence-electron chi connectivity index (χ1n) is 7.30. The summed E-state index contributed by atoms with van der Waals surface area (Å²) in [5.41, 5.74) is 1.45. The summed E-state index contributed by atoms with van der Waals surface area (Å²) in [4.78, 5) is 22.0. The van der Waals surface area contributed by atoms with Crippen molar-refractivity contribution in [1.82, 2.24) is 14.5 Å². The minimum Gasteiger partial charge on any atom is -0.302 e. The van der Waals surface area contributed by atoms with Gasteiger partial charge in [-0.05, 0) is 52.3 Å². The third-order valence-corrected chi connectivity index (χ3v) is 5.11. The van der Waals surface area contributed by atoms with Gasteiger partial charge < -0.3 is 4.90 Å². The van der Waals surface area contributed by atoms with Gasteiger partial charge in [0.05, 0.1) is 11.9 Å². The second-order valence-electron chi connectivity index (χ2n) is 5.71. The number of nitrogens with zero attached hydrogens (tertiary/aromatic N) is 3. The van der Waals surface area contributed by atoms with Crippen LogP contribution in [-0.4, -0.2) is 28.5 Å². The fraction of sp³-hybridized carbons (Fsp3) is 0.600. The summed E-state index contributed by atoms with van der Waals surface area (Å²) in [6.45, 7) is 3.42. The Morgan fingerprint density at radius 3 is 2.75 bits per heavy atom. The highest BCUT2D eigenvalue weighted by molar-refractivity contribution is 7.18. The lowest BCUT2D eigenvalue weighted by Crippen LogP contribution is -2.27. The van der Waals surface area contributed by atoms with Crippen molar-refractivity contribution in [3.8, 4) is 0 Å². The van der Waals surface area contributed by atoms with E-state index in [1.807, 2.05) is 25.6 Å². The van der Waals surface area contributed by atoms with Gasteiger partial charge in [0.2, 0.25) is 0 Å². The van der Waals surface area contributed by atoms with Crippen molar-refractivity contribution in [2.75, 3.05) is 14.1 Å². The van der Waals surface area contributed by atoms with Gasteiger partial charge in [-0.25, -0.2) is 4.98 Å². The average Bonchev–Trinajstić information content (AvgIpc) is 2.76. The van der Waals surface area contributed by atoms with Gasteiger partial charge in [0.1, 0.15) is 10.7 Å². The largest absolute Gasteiger partial charge is 0.302 e. The van der Waals surface area contributed by atoms with Gasteiger partial charge >= 0.3 is 0 Å². The molecule has 2 heterocycles. The molecule has 5 heteroatoms. The molecule has 2 aromatic heterocycles. The van der Waals surface area contributed by atoms with Crippen molar-refractivity contribution in [2.24, 2.45) is 0 Å². The van der Waals surface area contributed by atoms with Crippen LogP contribution in [0.4, 0.5) is 0 Å². The van der Waals surface area contributed by atoms with Crippen LogP contribution in [0.15, 0.2) is 4.79 Å². The Kier molecular flexibility index (Phi) is 3.65. The maximum Gasteiger partial charge on any atom is 0.262 e. The molecule has 0 bridgehead atoms. The lowest BCUT2D eigenvalue weighted by molar-refractivity contribution is 0.378. The summed E-state index contributed by atoms with van der Waals surface area (Å²) in [5, 5.41) is 0.897. The standard InChI is InChI=1S/C15H21N3OS/c1-4-18-12(9-17(2)3)16-14-13(15(18)19)10-7-5-6-8-11(10)20-14/h4-9H2,1-3H3. The number of aromatic nitrogens is 2. The van der Waals surface area contributed by atoms with Crippen LogP contribution in [0, 0.1) is 0 Å². The number of thiophene rings is 1. The smallest absolute Gasteiger partial charge is 0.262 e. The van der Waals surface area contributed by atoms with Crippen LogP contribution < -0.4 is 5.56 Å². The molecular formula is C15H21N3OS. The van der Waals surface area contributed by atoms with Crippen molar-refractivity contribution >= 4 is 21.6 Å². The van der Waals surface area contributed by atoms with E-state index in [1.165, 1.54) is 23.3 Å². The first-order valence-corrected chi connectivity index (χ1v) is 8.12. The molecule has 108 valence electrons. The second-order valence-corrected chi connectivity index (χ2v) is 6.79. The fourth-order valence-corrected chi connectivity index (χ4v) is 4.28. The normalized spacial score (nSPS) is 15.0. The van der Waals surface area contributed by atoms with Gasteiger partial charge in [-0.1, -0.05) is 0 Å². The number of fused-ring (bicyclic) bond motifs is 3. The van der Waals surface area contributed by atoms with E-state index >= 15 is 0 Å². The van der Waals surface area contributed by atoms with Crippen LogP contribution >= 0.6 is 11.3 Å². The number of hydrogen-bond acceptors (Lipinski definition) is 4. The molecule has 0 radical (unpaired) electrons. The van der Waals surface area contributed by atoms with Gasteiger partial charge in [0.25, 0.3) is 5.56 Å². The molecule has 1 aliphatic carbocycles. The van der Waals surface area contributed by atoms with Gasteiger partial charge in [-0.3, -0.25) is 9.36 Å². The summed E-state index contributed by atoms with van der Waals surface area (Å²) in [6.07, 6.45) is 4.60. The molecule has 0 unspecified atom stereocenters. The van der Waals surface area contributed by atoms with Crippen molar-refractivity contribution in [2.45, 2.75) is 45.7 Å². The fourth-order valence-electron chi connectivity index (χ4n) is 3.01. The molecule has 0 amide bonds. The molecule has 0 atom stereocenters. The highest BCUT2D eigenvalue weighted by atomic mass is 32.1. The van der Waals surface area contributed by atoms with Gasteiger partial charge in [0.15, 0.2) is 0 Å². The Labute approximate surface area is 123 Å². The third kappa shape index (κ3) is 2.19. The molecule has 1 aliphatic rings. The van der Waals surface area contributed by atoms with Gasteiger partial charge in [0, 0.05) is 11.4 Å². The summed E-state index contributed by atoms with van der Waals surface area (Å²) in [5.74, 6) is 0.883. The van der Waals surface area contributed by atoms with Crippen LogP contribution in [-0.2, 0) is 25.9 Å². The van der Waals surface area contributed by atoms with E-state index in [9.17, 15) is 4.79 Å². The maximum absolute atomic E-state index is 12.8. The molecule has 0 aliphatic heterocycles. The van der Waals surface area contributed by atoms with Crippen molar-refractivity contribution < 1.29 is 0 Å². The maximum atomic E-state index is 12.8. The minimum absolute atomic E-state index is 0.161. The molecule has 3 rings (SSSR count). The van der Waals surface area contributed by atoms with E-state index in [0.717, 1.165) is 28.9 Å². The molecule has 0 fully saturated rings. The Balaban J connectivity index is 2.26. The first kappa shape index (κ1) is 13.8. The summed E-state index contributed by atoms with van der Waals surface area (Å²) < 4.78 is 1.84. The van der Waals surface area contributed by atoms with Crippen LogP contribution in [0.25, 0.3) is 10.2 Å². The summed E-state index contributed by atoms with van der Waals surface area (Å²) in [6, 6.07) is 0. The lowest BCUT2D eigenvalue weighted by Gasteiger charge is -2.15. The van der Waals surface area contributed by atoms with Gasteiger partial charge in [-0.2, -0.15) is 0 Å². The molecule has 0 N–H and O–H groups in total. The van der Waals surface area contributed by atoms with E-state index in [1.54, 1.807) is 11.3 Å². The predicted molar refractivity (Wildman–Crippen MR) is 83.6 cm³/mol. The van der Waals surface area contributed by atoms with Crippen molar-refractivity contribution in [3.63, 3.8) is 0 Å².